The van der Waals surface area contributed by atoms with Crippen LogP contribution in [0.15, 0.2) is 0 Å². The van der Waals surface area contributed by atoms with Gasteiger partial charge in [0.1, 0.15) is 0 Å². The van der Waals surface area contributed by atoms with Crippen molar-refractivity contribution >= 4 is 5.91 Å². The smallest absolute Gasteiger partial charge is 0.222 e. The molecule has 1 amide bonds. The van der Waals surface area contributed by atoms with Crippen LogP contribution in [-0.2, 0) is 4.79 Å². The van der Waals surface area contributed by atoms with Gasteiger partial charge < -0.3 is 10.2 Å². The molecule has 3 heteroatoms. The third kappa shape index (κ3) is 4.47. The molecule has 0 saturated carbocycles. The first-order valence-corrected chi connectivity index (χ1v) is 8.45. The van der Waals surface area contributed by atoms with Crippen LogP contribution in [0.2, 0.25) is 0 Å². The highest BCUT2D eigenvalue weighted by atomic mass is 16.2. The van der Waals surface area contributed by atoms with E-state index >= 15 is 0 Å². The second kappa shape index (κ2) is 6.93. The Bertz CT molecular complexity index is 307. The fraction of sp³-hybridized carbons (Fsp3) is 0.941. The van der Waals surface area contributed by atoms with Gasteiger partial charge in [0.05, 0.1) is 0 Å². The largest absolute Gasteiger partial charge is 0.343 e. The molecule has 0 bridgehead atoms. The average molecular weight is 280 g/mol. The molecule has 0 radical (unpaired) electrons. The lowest BCUT2D eigenvalue weighted by Gasteiger charge is -2.39. The molecule has 1 N–H and O–H groups in total. The van der Waals surface area contributed by atoms with Gasteiger partial charge in [0.15, 0.2) is 0 Å². The monoisotopic (exact) mass is 280 g/mol. The predicted octanol–water partition coefficient (Wildman–Crippen LogP) is 3.05. The Morgan fingerprint density at radius 2 is 1.90 bits per heavy atom. The summed E-state index contributed by atoms with van der Waals surface area (Å²) in [4.78, 5) is 14.4. The molecule has 0 aromatic heterocycles. The number of piperidine rings is 2. The lowest BCUT2D eigenvalue weighted by atomic mass is 9.75. The highest BCUT2D eigenvalue weighted by Crippen LogP contribution is 2.34. The van der Waals surface area contributed by atoms with Gasteiger partial charge >= 0.3 is 0 Å². The first-order chi connectivity index (χ1) is 9.47. The molecule has 1 atom stereocenters. The maximum absolute atomic E-state index is 12.3. The van der Waals surface area contributed by atoms with Gasteiger partial charge in [0.2, 0.25) is 5.91 Å². The molecule has 2 rings (SSSR count). The van der Waals surface area contributed by atoms with Gasteiger partial charge in [-0.1, -0.05) is 20.8 Å². The minimum atomic E-state index is 0.392. The van der Waals surface area contributed by atoms with Gasteiger partial charge in [-0.05, 0) is 62.4 Å². The van der Waals surface area contributed by atoms with Crippen LogP contribution in [-0.4, -0.2) is 37.0 Å². The molecule has 2 aliphatic heterocycles. The molecule has 2 heterocycles. The van der Waals surface area contributed by atoms with Gasteiger partial charge in [-0.3, -0.25) is 4.79 Å². The van der Waals surface area contributed by atoms with E-state index in [4.69, 9.17) is 0 Å². The van der Waals surface area contributed by atoms with E-state index in [0.29, 0.717) is 11.3 Å². The summed E-state index contributed by atoms with van der Waals surface area (Å²) in [6.45, 7) is 11.2. The number of amides is 1. The summed E-state index contributed by atoms with van der Waals surface area (Å²) in [6, 6.07) is 0. The lowest BCUT2D eigenvalue weighted by molar-refractivity contribution is -0.133. The molecule has 0 aromatic rings. The van der Waals surface area contributed by atoms with Crippen molar-refractivity contribution in [2.45, 2.75) is 59.3 Å². The number of nitrogens with one attached hydrogen (secondary N) is 1. The lowest BCUT2D eigenvalue weighted by Crippen LogP contribution is -2.41. The Kier molecular flexibility index (Phi) is 5.48. The van der Waals surface area contributed by atoms with E-state index in [1.807, 2.05) is 0 Å². The fourth-order valence-electron chi connectivity index (χ4n) is 3.65. The number of rotatable bonds is 3. The highest BCUT2D eigenvalue weighted by Gasteiger charge is 2.30. The Morgan fingerprint density at radius 3 is 2.45 bits per heavy atom. The molecule has 2 saturated heterocycles. The van der Waals surface area contributed by atoms with Crippen LogP contribution in [0.4, 0.5) is 0 Å². The van der Waals surface area contributed by atoms with Gasteiger partial charge in [-0.2, -0.15) is 0 Å². The second-order valence-corrected chi connectivity index (χ2v) is 7.77. The second-order valence-electron chi connectivity index (χ2n) is 7.77. The van der Waals surface area contributed by atoms with Crippen LogP contribution in [0.3, 0.4) is 0 Å². The van der Waals surface area contributed by atoms with Crippen LogP contribution in [0.1, 0.15) is 59.3 Å². The van der Waals surface area contributed by atoms with E-state index in [1.165, 1.54) is 25.7 Å². The summed E-state index contributed by atoms with van der Waals surface area (Å²) in [5, 5.41) is 3.44. The van der Waals surface area contributed by atoms with Gasteiger partial charge in [-0.15, -0.1) is 0 Å². The van der Waals surface area contributed by atoms with Crippen molar-refractivity contribution in [3.05, 3.63) is 0 Å². The quantitative estimate of drug-likeness (QED) is 0.862. The summed E-state index contributed by atoms with van der Waals surface area (Å²) in [5.74, 6) is 1.89. The van der Waals surface area contributed by atoms with E-state index in [-0.39, 0.29) is 0 Å². The van der Waals surface area contributed by atoms with E-state index in [9.17, 15) is 4.79 Å². The van der Waals surface area contributed by atoms with Crippen LogP contribution < -0.4 is 5.32 Å². The van der Waals surface area contributed by atoms with Crippen molar-refractivity contribution < 1.29 is 4.79 Å². The van der Waals surface area contributed by atoms with Crippen LogP contribution >= 0.6 is 0 Å². The maximum atomic E-state index is 12.3. The summed E-state index contributed by atoms with van der Waals surface area (Å²) in [6.07, 6.45) is 6.76. The van der Waals surface area contributed by atoms with Crippen LogP contribution in [0.25, 0.3) is 0 Å². The Hall–Kier alpha value is -0.570. The minimum absolute atomic E-state index is 0.392. The summed E-state index contributed by atoms with van der Waals surface area (Å²) in [5.41, 5.74) is 0.392. The number of likely N-dealkylation sites (tertiary alicyclic amines) is 1. The normalized spacial score (nSPS) is 25.8. The van der Waals surface area contributed by atoms with Crippen molar-refractivity contribution in [3.8, 4) is 0 Å². The zero-order valence-corrected chi connectivity index (χ0v) is 13.6. The molecular weight excluding hydrogens is 248 g/mol. The minimum Gasteiger partial charge on any atom is -0.343 e. The van der Waals surface area contributed by atoms with E-state index < -0.39 is 0 Å². The van der Waals surface area contributed by atoms with Crippen molar-refractivity contribution in [3.63, 3.8) is 0 Å². The Labute approximate surface area is 124 Å². The van der Waals surface area contributed by atoms with Crippen molar-refractivity contribution in [1.29, 1.82) is 0 Å². The van der Waals surface area contributed by atoms with E-state index in [0.717, 1.165) is 50.9 Å². The van der Waals surface area contributed by atoms with Gasteiger partial charge in [0, 0.05) is 19.5 Å². The topological polar surface area (TPSA) is 32.3 Å². The third-order valence-electron chi connectivity index (χ3n) is 5.24. The standard InChI is InChI=1S/C17H32N2O/c1-17(2,3)15-8-11-19(12-9-15)16(20)7-6-14-5-4-10-18-13-14/h14-15,18H,4-13H2,1-3H3. The molecule has 2 fully saturated rings. The van der Waals surface area contributed by atoms with Crippen molar-refractivity contribution in [1.82, 2.24) is 10.2 Å². The number of carbonyl (C=O) groups is 1. The maximum Gasteiger partial charge on any atom is 0.222 e. The summed E-state index contributed by atoms with van der Waals surface area (Å²) in [7, 11) is 0. The van der Waals surface area contributed by atoms with Gasteiger partial charge in [0.25, 0.3) is 0 Å². The fourth-order valence-corrected chi connectivity index (χ4v) is 3.65. The van der Waals surface area contributed by atoms with Crippen LogP contribution in [0, 0.1) is 17.3 Å². The number of hydrogen-bond acceptors (Lipinski definition) is 2. The molecule has 2 aliphatic rings. The van der Waals surface area contributed by atoms with Crippen molar-refractivity contribution in [2.75, 3.05) is 26.2 Å². The number of carbonyl (C=O) groups excluding carboxylic acids is 1. The van der Waals surface area contributed by atoms with Crippen molar-refractivity contribution in [2.24, 2.45) is 17.3 Å². The van der Waals surface area contributed by atoms with E-state index in [2.05, 4.69) is 31.0 Å². The number of hydrogen-bond donors (Lipinski definition) is 1. The SMILES string of the molecule is CC(C)(C)C1CCN(C(=O)CCC2CCCNC2)CC1. The molecule has 0 spiro atoms. The molecule has 0 aromatic carbocycles. The molecule has 116 valence electrons. The molecule has 3 nitrogen and oxygen atoms in total. The molecule has 1 unspecified atom stereocenters. The molecule has 20 heavy (non-hydrogen) atoms. The average Bonchev–Trinajstić information content (AvgIpc) is 2.45. The number of nitrogens with zero attached hydrogens (tertiary/aromatic N) is 1. The zero-order valence-electron chi connectivity index (χ0n) is 13.6. The van der Waals surface area contributed by atoms with E-state index in [1.54, 1.807) is 0 Å². The van der Waals surface area contributed by atoms with Gasteiger partial charge in [-0.25, -0.2) is 0 Å². The Balaban J connectivity index is 1.69. The molecular formula is C17H32N2O. The first kappa shape index (κ1) is 15.8. The van der Waals surface area contributed by atoms with Crippen LogP contribution in [0.5, 0.6) is 0 Å². The predicted molar refractivity (Wildman–Crippen MR) is 83.6 cm³/mol. The molecule has 0 aliphatic carbocycles. The summed E-state index contributed by atoms with van der Waals surface area (Å²) >= 11 is 0. The summed E-state index contributed by atoms with van der Waals surface area (Å²) < 4.78 is 0. The highest BCUT2D eigenvalue weighted by molar-refractivity contribution is 5.76. The first-order valence-electron chi connectivity index (χ1n) is 8.45. The zero-order chi connectivity index (χ0) is 14.6. The Morgan fingerprint density at radius 1 is 1.20 bits per heavy atom. The third-order valence-corrected chi connectivity index (χ3v) is 5.24.